The maximum absolute atomic E-state index is 12.4. The molecule has 1 aromatic heterocycles. The van der Waals surface area contributed by atoms with E-state index in [1.807, 2.05) is 55.5 Å². The van der Waals surface area contributed by atoms with E-state index in [-0.39, 0.29) is 5.91 Å². The summed E-state index contributed by atoms with van der Waals surface area (Å²) in [5.41, 5.74) is 8.17. The van der Waals surface area contributed by atoms with Crippen molar-refractivity contribution in [3.05, 3.63) is 83.2 Å². The zero-order valence-corrected chi connectivity index (χ0v) is 16.0. The fourth-order valence-electron chi connectivity index (χ4n) is 2.93. The number of carbonyl (C=O) groups is 1. The van der Waals surface area contributed by atoms with Gasteiger partial charge in [-0.2, -0.15) is 5.10 Å². The molecule has 0 saturated carbocycles. The maximum Gasteiger partial charge on any atom is 0.271 e. The van der Waals surface area contributed by atoms with E-state index in [9.17, 15) is 4.79 Å². The molecule has 1 N–H and O–H groups in total. The number of nitrogens with zero attached hydrogens (tertiary/aromatic N) is 2. The first-order chi connectivity index (χ1) is 13.0. The van der Waals surface area contributed by atoms with Gasteiger partial charge in [0.1, 0.15) is 5.75 Å². The standard InChI is InChI=1S/C22H23N3O2/c1-15-5-6-16(2)25(15)20-11-7-19(8-12-20)22(26)24-23-17(3)18-9-13-21(27-4)14-10-18/h5-14H,1-4H3,(H,24,26)/b23-17+. The van der Waals surface area contributed by atoms with E-state index >= 15 is 0 Å². The molecule has 138 valence electrons. The highest BCUT2D eigenvalue weighted by Crippen LogP contribution is 2.17. The van der Waals surface area contributed by atoms with Gasteiger partial charge in [-0.15, -0.1) is 0 Å². The van der Waals surface area contributed by atoms with Crippen LogP contribution in [-0.2, 0) is 0 Å². The number of ether oxygens (including phenoxy) is 1. The van der Waals surface area contributed by atoms with E-state index in [0.29, 0.717) is 5.56 Å². The third kappa shape index (κ3) is 4.08. The van der Waals surface area contributed by atoms with Crippen LogP contribution in [0.25, 0.3) is 5.69 Å². The lowest BCUT2D eigenvalue weighted by molar-refractivity contribution is 0.0955. The molecule has 0 fully saturated rings. The SMILES string of the molecule is COc1ccc(/C(C)=N/NC(=O)c2ccc(-n3c(C)ccc3C)cc2)cc1. The van der Waals surface area contributed by atoms with E-state index in [1.165, 1.54) is 0 Å². The van der Waals surface area contributed by atoms with Gasteiger partial charge >= 0.3 is 0 Å². The number of rotatable bonds is 5. The van der Waals surface area contributed by atoms with E-state index in [1.54, 1.807) is 7.11 Å². The molecular weight excluding hydrogens is 338 g/mol. The van der Waals surface area contributed by atoms with Crippen molar-refractivity contribution in [2.75, 3.05) is 7.11 Å². The molecule has 1 heterocycles. The van der Waals surface area contributed by atoms with Gasteiger partial charge in [-0.3, -0.25) is 4.79 Å². The zero-order valence-electron chi connectivity index (χ0n) is 16.0. The van der Waals surface area contributed by atoms with Gasteiger partial charge in [0.25, 0.3) is 5.91 Å². The zero-order chi connectivity index (χ0) is 19.4. The van der Waals surface area contributed by atoms with E-state index in [2.05, 4.69) is 41.1 Å². The lowest BCUT2D eigenvalue weighted by Crippen LogP contribution is -2.19. The number of methoxy groups -OCH3 is 1. The van der Waals surface area contributed by atoms with Crippen LogP contribution in [0.15, 0.2) is 65.8 Å². The fraction of sp³-hybridized carbons (Fsp3) is 0.182. The number of hydrogen-bond acceptors (Lipinski definition) is 3. The molecule has 0 aliphatic carbocycles. The molecule has 0 spiro atoms. The van der Waals surface area contributed by atoms with Gasteiger partial charge in [-0.05, 0) is 87.0 Å². The first-order valence-corrected chi connectivity index (χ1v) is 8.74. The third-order valence-corrected chi connectivity index (χ3v) is 4.49. The average Bonchev–Trinajstić information content (AvgIpc) is 3.04. The second-order valence-electron chi connectivity index (χ2n) is 6.37. The first-order valence-electron chi connectivity index (χ1n) is 8.74. The summed E-state index contributed by atoms with van der Waals surface area (Å²) in [6.45, 7) is 5.97. The molecule has 5 nitrogen and oxygen atoms in total. The number of aryl methyl sites for hydroxylation is 2. The van der Waals surface area contributed by atoms with Crippen molar-refractivity contribution >= 4 is 11.6 Å². The fourth-order valence-corrected chi connectivity index (χ4v) is 2.93. The molecule has 3 rings (SSSR count). The second kappa shape index (κ2) is 7.91. The molecule has 1 amide bonds. The number of carbonyl (C=O) groups excluding carboxylic acids is 1. The Bertz CT molecular complexity index is 948. The number of nitrogens with one attached hydrogen (secondary N) is 1. The van der Waals surface area contributed by atoms with Gasteiger partial charge in [0.05, 0.1) is 12.8 Å². The van der Waals surface area contributed by atoms with Gasteiger partial charge in [0.15, 0.2) is 0 Å². The third-order valence-electron chi connectivity index (χ3n) is 4.49. The van der Waals surface area contributed by atoms with Gasteiger partial charge in [0, 0.05) is 22.6 Å². The highest BCUT2D eigenvalue weighted by atomic mass is 16.5. The Hall–Kier alpha value is -3.34. The van der Waals surface area contributed by atoms with Crippen molar-refractivity contribution in [3.63, 3.8) is 0 Å². The second-order valence-corrected chi connectivity index (χ2v) is 6.37. The number of hydrogen-bond donors (Lipinski definition) is 1. The van der Waals surface area contributed by atoms with Gasteiger partial charge in [0.2, 0.25) is 0 Å². The Kier molecular flexibility index (Phi) is 5.41. The predicted molar refractivity (Wildman–Crippen MR) is 108 cm³/mol. The predicted octanol–water partition coefficient (Wildman–Crippen LogP) is 4.26. The van der Waals surface area contributed by atoms with Crippen molar-refractivity contribution in [1.29, 1.82) is 0 Å². The summed E-state index contributed by atoms with van der Waals surface area (Å²) in [5.74, 6) is 0.541. The summed E-state index contributed by atoms with van der Waals surface area (Å²) >= 11 is 0. The van der Waals surface area contributed by atoms with Crippen LogP contribution in [0.5, 0.6) is 5.75 Å². The Morgan fingerprint density at radius 2 is 1.44 bits per heavy atom. The van der Waals surface area contributed by atoms with Gasteiger partial charge in [-0.25, -0.2) is 5.43 Å². The summed E-state index contributed by atoms with van der Waals surface area (Å²) in [5, 5.41) is 4.20. The molecule has 0 aliphatic heterocycles. The van der Waals surface area contributed by atoms with E-state index in [4.69, 9.17) is 4.74 Å². The lowest BCUT2D eigenvalue weighted by atomic mass is 10.1. The molecular formula is C22H23N3O2. The van der Waals surface area contributed by atoms with Crippen molar-refractivity contribution in [2.24, 2.45) is 5.10 Å². The summed E-state index contributed by atoms with van der Waals surface area (Å²) in [6.07, 6.45) is 0. The molecule has 0 bridgehead atoms. The topological polar surface area (TPSA) is 55.6 Å². The monoisotopic (exact) mass is 361 g/mol. The van der Waals surface area contributed by atoms with E-state index < -0.39 is 0 Å². The minimum absolute atomic E-state index is 0.240. The molecule has 2 aromatic carbocycles. The summed E-state index contributed by atoms with van der Waals surface area (Å²) < 4.78 is 7.29. The summed E-state index contributed by atoms with van der Waals surface area (Å²) in [6, 6.07) is 19.2. The molecule has 3 aromatic rings. The molecule has 0 saturated heterocycles. The minimum atomic E-state index is -0.240. The highest BCUT2D eigenvalue weighted by Gasteiger charge is 2.08. The molecule has 0 radical (unpaired) electrons. The van der Waals surface area contributed by atoms with Crippen molar-refractivity contribution in [2.45, 2.75) is 20.8 Å². The quantitative estimate of drug-likeness (QED) is 0.545. The Morgan fingerprint density at radius 1 is 0.889 bits per heavy atom. The highest BCUT2D eigenvalue weighted by molar-refractivity contribution is 6.00. The van der Waals surface area contributed by atoms with Gasteiger partial charge < -0.3 is 9.30 Å². The number of hydrazone groups is 1. The largest absolute Gasteiger partial charge is 0.497 e. The van der Waals surface area contributed by atoms with Crippen molar-refractivity contribution in [1.82, 2.24) is 9.99 Å². The first kappa shape index (κ1) is 18.5. The maximum atomic E-state index is 12.4. The molecule has 27 heavy (non-hydrogen) atoms. The van der Waals surface area contributed by atoms with E-state index in [0.717, 1.165) is 34.1 Å². The van der Waals surface area contributed by atoms with Gasteiger partial charge in [-0.1, -0.05) is 0 Å². The average molecular weight is 361 g/mol. The van der Waals surface area contributed by atoms with Crippen molar-refractivity contribution in [3.8, 4) is 11.4 Å². The van der Waals surface area contributed by atoms with Crippen LogP contribution >= 0.6 is 0 Å². The van der Waals surface area contributed by atoms with Crippen LogP contribution in [0.1, 0.15) is 34.2 Å². The summed E-state index contributed by atoms with van der Waals surface area (Å²) in [7, 11) is 1.63. The molecule has 5 heteroatoms. The molecule has 0 aliphatic rings. The Balaban J connectivity index is 1.70. The van der Waals surface area contributed by atoms with Crippen LogP contribution in [0.2, 0.25) is 0 Å². The lowest BCUT2D eigenvalue weighted by Gasteiger charge is -2.10. The molecule has 0 atom stereocenters. The Labute approximate surface area is 159 Å². The van der Waals surface area contributed by atoms with Crippen LogP contribution in [-0.4, -0.2) is 23.3 Å². The Morgan fingerprint density at radius 3 is 2.00 bits per heavy atom. The minimum Gasteiger partial charge on any atom is -0.497 e. The summed E-state index contributed by atoms with van der Waals surface area (Å²) in [4.78, 5) is 12.4. The number of amides is 1. The van der Waals surface area contributed by atoms with Crippen LogP contribution in [0, 0.1) is 13.8 Å². The smallest absolute Gasteiger partial charge is 0.271 e. The van der Waals surface area contributed by atoms with Crippen LogP contribution < -0.4 is 10.2 Å². The van der Waals surface area contributed by atoms with Crippen molar-refractivity contribution < 1.29 is 9.53 Å². The van der Waals surface area contributed by atoms with Crippen LogP contribution in [0.4, 0.5) is 0 Å². The van der Waals surface area contributed by atoms with Crippen LogP contribution in [0.3, 0.4) is 0 Å². The number of aromatic nitrogens is 1. The normalized spacial score (nSPS) is 11.3. The molecule has 0 unspecified atom stereocenters. The number of benzene rings is 2.